The number of nitrogens with zero attached hydrogens (tertiary/aromatic N) is 1. The van der Waals surface area contributed by atoms with E-state index in [4.69, 9.17) is 4.74 Å². The fourth-order valence-corrected chi connectivity index (χ4v) is 2.40. The summed E-state index contributed by atoms with van der Waals surface area (Å²) in [6.07, 6.45) is 1.35. The number of ether oxygens (including phenoxy) is 1. The van der Waals surface area contributed by atoms with Crippen LogP contribution in [0.5, 0.6) is 0 Å². The first-order valence-electron chi connectivity index (χ1n) is 7.47. The average molecular weight is 290 g/mol. The third kappa shape index (κ3) is 3.82. The fraction of sp³-hybridized carbons (Fsp3) is 0.500. The maximum atomic E-state index is 12.2. The predicted molar refractivity (Wildman–Crippen MR) is 81.3 cm³/mol. The van der Waals surface area contributed by atoms with Crippen molar-refractivity contribution in [1.82, 2.24) is 4.90 Å². The highest BCUT2D eigenvalue weighted by Gasteiger charge is 2.23. The first kappa shape index (κ1) is 15.5. The minimum Gasteiger partial charge on any atom is -0.368 e. The highest BCUT2D eigenvalue weighted by atomic mass is 16.5. The second-order valence-electron chi connectivity index (χ2n) is 5.05. The predicted octanol–water partition coefficient (Wildman–Crippen LogP) is 2.29. The van der Waals surface area contributed by atoms with Crippen molar-refractivity contribution in [2.24, 2.45) is 0 Å². The fourth-order valence-electron chi connectivity index (χ4n) is 2.40. The average Bonchev–Trinajstić information content (AvgIpc) is 3.03. The molecule has 0 bridgehead atoms. The van der Waals surface area contributed by atoms with Crippen molar-refractivity contribution in [2.45, 2.75) is 32.8 Å². The molecule has 0 saturated carbocycles. The van der Waals surface area contributed by atoms with Gasteiger partial charge in [-0.15, -0.1) is 0 Å². The quantitative estimate of drug-likeness (QED) is 0.905. The van der Waals surface area contributed by atoms with Crippen LogP contribution in [0.25, 0.3) is 0 Å². The number of rotatable bonds is 5. The Kier molecular flexibility index (Phi) is 5.33. The monoisotopic (exact) mass is 290 g/mol. The largest absolute Gasteiger partial charge is 0.368 e. The first-order valence-corrected chi connectivity index (χ1v) is 7.47. The molecule has 1 saturated heterocycles. The molecule has 1 aromatic rings. The van der Waals surface area contributed by atoms with Crippen LogP contribution in [0.1, 0.15) is 37.0 Å². The number of hydrogen-bond donors (Lipinski definition) is 1. The molecule has 1 N–H and O–H groups in total. The van der Waals surface area contributed by atoms with Gasteiger partial charge in [-0.25, -0.2) is 0 Å². The molecule has 21 heavy (non-hydrogen) atoms. The molecule has 1 fully saturated rings. The second-order valence-corrected chi connectivity index (χ2v) is 5.05. The summed E-state index contributed by atoms with van der Waals surface area (Å²) in [4.78, 5) is 25.9. The van der Waals surface area contributed by atoms with Crippen molar-refractivity contribution >= 4 is 17.5 Å². The Morgan fingerprint density at radius 1 is 1.24 bits per heavy atom. The Bertz CT molecular complexity index is 489. The van der Waals surface area contributed by atoms with Crippen molar-refractivity contribution in [3.8, 4) is 0 Å². The van der Waals surface area contributed by atoms with E-state index in [-0.39, 0.29) is 17.9 Å². The maximum Gasteiger partial charge on any atom is 0.253 e. The van der Waals surface area contributed by atoms with Crippen LogP contribution in [-0.2, 0) is 9.53 Å². The van der Waals surface area contributed by atoms with Crippen LogP contribution in [0.2, 0.25) is 0 Å². The Morgan fingerprint density at radius 2 is 1.90 bits per heavy atom. The molecule has 1 aromatic carbocycles. The molecule has 2 rings (SSSR count). The van der Waals surface area contributed by atoms with Crippen LogP contribution < -0.4 is 5.32 Å². The van der Waals surface area contributed by atoms with Crippen LogP contribution in [0.15, 0.2) is 24.3 Å². The minimum absolute atomic E-state index is 0.0111. The van der Waals surface area contributed by atoms with Crippen molar-refractivity contribution in [2.75, 3.05) is 25.0 Å². The van der Waals surface area contributed by atoms with Gasteiger partial charge < -0.3 is 15.0 Å². The number of nitrogens with one attached hydrogen (secondary N) is 1. The molecule has 0 aliphatic carbocycles. The van der Waals surface area contributed by atoms with E-state index in [0.29, 0.717) is 30.9 Å². The van der Waals surface area contributed by atoms with Gasteiger partial charge in [0.25, 0.3) is 11.8 Å². The van der Waals surface area contributed by atoms with E-state index in [2.05, 4.69) is 5.32 Å². The Hall–Kier alpha value is -1.88. The van der Waals surface area contributed by atoms with Gasteiger partial charge in [0.2, 0.25) is 0 Å². The van der Waals surface area contributed by atoms with Gasteiger partial charge >= 0.3 is 0 Å². The molecule has 0 radical (unpaired) electrons. The highest BCUT2D eigenvalue weighted by molar-refractivity contribution is 5.96. The molecule has 1 aliphatic rings. The lowest BCUT2D eigenvalue weighted by Crippen LogP contribution is -2.30. The Morgan fingerprint density at radius 3 is 2.43 bits per heavy atom. The van der Waals surface area contributed by atoms with E-state index in [9.17, 15) is 9.59 Å². The normalized spacial score (nSPS) is 17.5. The minimum atomic E-state index is -0.345. The lowest BCUT2D eigenvalue weighted by Gasteiger charge is -2.18. The number of anilines is 1. The summed E-state index contributed by atoms with van der Waals surface area (Å²) in [5.41, 5.74) is 1.32. The summed E-state index contributed by atoms with van der Waals surface area (Å²) in [5, 5.41) is 2.82. The van der Waals surface area contributed by atoms with Crippen molar-refractivity contribution in [1.29, 1.82) is 0 Å². The molecule has 5 nitrogen and oxygen atoms in total. The van der Waals surface area contributed by atoms with E-state index in [1.165, 1.54) is 0 Å². The zero-order valence-corrected chi connectivity index (χ0v) is 12.6. The Labute approximate surface area is 125 Å². The third-order valence-electron chi connectivity index (χ3n) is 3.67. The van der Waals surface area contributed by atoms with Gasteiger partial charge in [-0.3, -0.25) is 9.59 Å². The van der Waals surface area contributed by atoms with Crippen molar-refractivity contribution < 1.29 is 14.3 Å². The SMILES string of the molecule is CCN(CC)C(=O)c1ccc(NC(=O)[C@H]2CCCO2)cc1. The summed E-state index contributed by atoms with van der Waals surface area (Å²) in [7, 11) is 0. The lowest BCUT2D eigenvalue weighted by atomic mass is 10.1. The molecular weight excluding hydrogens is 268 g/mol. The van der Waals surface area contributed by atoms with Crippen LogP contribution in [0.4, 0.5) is 5.69 Å². The van der Waals surface area contributed by atoms with Crippen molar-refractivity contribution in [3.63, 3.8) is 0 Å². The number of carbonyl (C=O) groups is 2. The molecule has 0 unspecified atom stereocenters. The van der Waals surface area contributed by atoms with Crippen LogP contribution in [0.3, 0.4) is 0 Å². The Balaban J connectivity index is 1.98. The molecule has 5 heteroatoms. The third-order valence-corrected chi connectivity index (χ3v) is 3.67. The van der Waals surface area contributed by atoms with Gasteiger partial charge in [0.15, 0.2) is 0 Å². The maximum absolute atomic E-state index is 12.2. The van der Waals surface area contributed by atoms with E-state index in [1.54, 1.807) is 29.2 Å². The summed E-state index contributed by atoms with van der Waals surface area (Å²) in [6, 6.07) is 6.99. The van der Waals surface area contributed by atoms with Gasteiger partial charge in [0.05, 0.1) is 0 Å². The van der Waals surface area contributed by atoms with Gasteiger partial charge in [-0.05, 0) is 51.0 Å². The summed E-state index contributed by atoms with van der Waals surface area (Å²) < 4.78 is 5.34. The standard InChI is InChI=1S/C16H22N2O3/c1-3-18(4-2)16(20)12-7-9-13(10-8-12)17-15(19)14-6-5-11-21-14/h7-10,14H,3-6,11H2,1-2H3,(H,17,19)/t14-/m1/s1. The summed E-state index contributed by atoms with van der Waals surface area (Å²) in [5.74, 6) is -0.104. The number of benzene rings is 1. The van der Waals surface area contributed by atoms with E-state index in [1.807, 2.05) is 13.8 Å². The lowest BCUT2D eigenvalue weighted by molar-refractivity contribution is -0.124. The molecule has 114 valence electrons. The van der Waals surface area contributed by atoms with Crippen LogP contribution in [-0.4, -0.2) is 42.5 Å². The van der Waals surface area contributed by atoms with Gasteiger partial charge in [0.1, 0.15) is 6.10 Å². The van der Waals surface area contributed by atoms with E-state index in [0.717, 1.165) is 12.8 Å². The number of hydrogen-bond acceptors (Lipinski definition) is 3. The molecule has 0 aromatic heterocycles. The topological polar surface area (TPSA) is 58.6 Å². The molecule has 1 aliphatic heterocycles. The van der Waals surface area contributed by atoms with E-state index < -0.39 is 0 Å². The smallest absolute Gasteiger partial charge is 0.253 e. The van der Waals surface area contributed by atoms with Gasteiger partial charge in [-0.2, -0.15) is 0 Å². The molecule has 1 atom stereocenters. The molecular formula is C16H22N2O3. The summed E-state index contributed by atoms with van der Waals surface area (Å²) in [6.45, 7) is 5.93. The number of carbonyl (C=O) groups excluding carboxylic acids is 2. The van der Waals surface area contributed by atoms with Crippen molar-refractivity contribution in [3.05, 3.63) is 29.8 Å². The zero-order valence-electron chi connectivity index (χ0n) is 12.6. The van der Waals surface area contributed by atoms with Gasteiger partial charge in [0, 0.05) is 30.9 Å². The van der Waals surface area contributed by atoms with Crippen LogP contribution in [0, 0.1) is 0 Å². The second kappa shape index (κ2) is 7.22. The summed E-state index contributed by atoms with van der Waals surface area (Å²) >= 11 is 0. The van der Waals surface area contributed by atoms with E-state index >= 15 is 0 Å². The molecule has 1 heterocycles. The van der Waals surface area contributed by atoms with Crippen LogP contribution >= 0.6 is 0 Å². The zero-order chi connectivity index (χ0) is 15.2. The molecule has 0 spiro atoms. The van der Waals surface area contributed by atoms with Gasteiger partial charge in [-0.1, -0.05) is 0 Å². The first-order chi connectivity index (χ1) is 10.2. The highest BCUT2D eigenvalue weighted by Crippen LogP contribution is 2.16. The number of amides is 2. The molecule has 2 amide bonds.